The van der Waals surface area contributed by atoms with Crippen LogP contribution in [0.3, 0.4) is 0 Å². The van der Waals surface area contributed by atoms with Crippen LogP contribution in [0.15, 0.2) is 71.7 Å². The molecule has 1 saturated heterocycles. The Morgan fingerprint density at radius 1 is 0.694 bits per heavy atom. The fourth-order valence-electron chi connectivity index (χ4n) is 5.45. The van der Waals surface area contributed by atoms with E-state index in [-0.39, 0.29) is 50.5 Å². The van der Waals surface area contributed by atoms with Crippen LogP contribution in [-0.4, -0.2) is 84.4 Å². The lowest BCUT2D eigenvalue weighted by atomic mass is 10.0. The van der Waals surface area contributed by atoms with Crippen molar-refractivity contribution in [1.82, 2.24) is 26.6 Å². The van der Waals surface area contributed by atoms with Crippen molar-refractivity contribution in [2.75, 3.05) is 19.6 Å². The molecular weight excluding hydrogens is 630 g/mol. The molecule has 0 spiro atoms. The van der Waals surface area contributed by atoms with Gasteiger partial charge >= 0.3 is 0 Å². The average molecular weight is 674 g/mol. The predicted octanol–water partition coefficient (Wildman–Crippen LogP) is -1.20. The second kappa shape index (κ2) is 17.5. The van der Waals surface area contributed by atoms with Crippen molar-refractivity contribution in [3.63, 3.8) is 0 Å². The van der Waals surface area contributed by atoms with Crippen molar-refractivity contribution in [3.05, 3.63) is 77.9 Å². The van der Waals surface area contributed by atoms with Gasteiger partial charge in [-0.3, -0.25) is 29.0 Å². The van der Waals surface area contributed by atoms with Crippen molar-refractivity contribution in [2.24, 2.45) is 22.2 Å². The number of carbonyl (C=O) groups excluding carboxylic acids is 5. The molecule has 1 aliphatic heterocycles. The normalized spacial score (nSPS) is 20.9. The molecule has 0 aromatic heterocycles. The van der Waals surface area contributed by atoms with E-state index >= 15 is 0 Å². The maximum atomic E-state index is 13.8. The first-order valence-electron chi connectivity index (χ1n) is 16.0. The topological polar surface area (TPSA) is 256 Å². The molecule has 0 saturated carbocycles. The summed E-state index contributed by atoms with van der Waals surface area (Å²) in [7, 11) is 0. The molecule has 1 unspecified atom stereocenters. The summed E-state index contributed by atoms with van der Waals surface area (Å²) in [4.78, 5) is 71.5. The van der Waals surface area contributed by atoms with E-state index in [0.717, 1.165) is 16.3 Å². The third-order valence-electron chi connectivity index (χ3n) is 8.00. The minimum absolute atomic E-state index is 0.0147. The molecule has 3 aromatic carbocycles. The highest BCUT2D eigenvalue weighted by molar-refractivity contribution is 5.97. The number of rotatable bonds is 10. The number of fused-ring (bicyclic) bond motifs is 1. The number of phenolic OH excluding ortho intramolecular Hbond substituents is 1. The number of nitrogens with one attached hydrogen (secondary N) is 5. The van der Waals surface area contributed by atoms with Gasteiger partial charge in [-0.25, -0.2) is 0 Å². The first-order chi connectivity index (χ1) is 23.5. The third kappa shape index (κ3) is 10.9. The van der Waals surface area contributed by atoms with E-state index in [4.69, 9.17) is 17.2 Å². The number of nitrogens with two attached hydrogens (primary N) is 3. The molecule has 260 valence electrons. The number of hydrogen-bond donors (Lipinski definition) is 9. The number of hydrogen-bond acceptors (Lipinski definition) is 8. The monoisotopic (exact) mass is 673 g/mol. The molecular formula is C34H43N9O6. The van der Waals surface area contributed by atoms with Crippen molar-refractivity contribution >= 4 is 46.3 Å². The summed E-state index contributed by atoms with van der Waals surface area (Å²) in [6.45, 7) is -0.284. The smallest absolute Gasteiger partial charge is 0.243 e. The highest BCUT2D eigenvalue weighted by atomic mass is 16.3. The summed E-state index contributed by atoms with van der Waals surface area (Å²) in [6, 6.07) is 14.9. The number of nitrogens with zero attached hydrogens (tertiary/aromatic N) is 1. The molecule has 12 N–H and O–H groups in total. The molecule has 15 heteroatoms. The maximum absolute atomic E-state index is 13.8. The maximum Gasteiger partial charge on any atom is 0.243 e. The lowest BCUT2D eigenvalue weighted by molar-refractivity contribution is -0.134. The number of aromatic hydroxyl groups is 1. The van der Waals surface area contributed by atoms with Gasteiger partial charge in [0.2, 0.25) is 29.5 Å². The Bertz CT molecular complexity index is 1680. The van der Waals surface area contributed by atoms with E-state index in [1.54, 1.807) is 12.1 Å². The lowest BCUT2D eigenvalue weighted by Gasteiger charge is -2.26. The summed E-state index contributed by atoms with van der Waals surface area (Å²) in [5, 5.41) is 24.9. The van der Waals surface area contributed by atoms with Crippen molar-refractivity contribution in [2.45, 2.75) is 56.3 Å². The Hall–Kier alpha value is -5.70. The van der Waals surface area contributed by atoms with Gasteiger partial charge in [-0.05, 0) is 59.8 Å². The van der Waals surface area contributed by atoms with E-state index in [2.05, 4.69) is 31.6 Å². The van der Waals surface area contributed by atoms with E-state index in [1.807, 2.05) is 42.5 Å². The summed E-state index contributed by atoms with van der Waals surface area (Å²) in [6.07, 6.45) is 0.535. The molecule has 0 bridgehead atoms. The van der Waals surface area contributed by atoms with Gasteiger partial charge in [0.25, 0.3) is 0 Å². The quantitative estimate of drug-likeness (QED) is 0.0711. The predicted molar refractivity (Wildman–Crippen MR) is 184 cm³/mol. The zero-order chi connectivity index (χ0) is 35.3. The fraction of sp³-hybridized carbons (Fsp3) is 0.353. The zero-order valence-electron chi connectivity index (χ0n) is 27.0. The second-order valence-electron chi connectivity index (χ2n) is 11.8. The summed E-state index contributed by atoms with van der Waals surface area (Å²) >= 11 is 0. The van der Waals surface area contributed by atoms with E-state index in [0.29, 0.717) is 12.0 Å². The third-order valence-corrected chi connectivity index (χ3v) is 8.00. The number of benzene rings is 3. The molecule has 3 aromatic rings. The SMILES string of the molecule is NCCC1NC(=O)[C@@H](Cc2ccc(O)cc2)NC(=O)CNC(=O)[C@H](Cc2ccc3ccccc3c2)NC(=O)[C@H](CCCN=C(N)N)NC1=O. The number of phenols is 1. The molecule has 15 nitrogen and oxygen atoms in total. The number of guanidine groups is 1. The van der Waals surface area contributed by atoms with Crippen molar-refractivity contribution < 1.29 is 29.1 Å². The van der Waals surface area contributed by atoms with Crippen LogP contribution in [-0.2, 0) is 36.8 Å². The van der Waals surface area contributed by atoms with Crippen LogP contribution < -0.4 is 43.8 Å². The highest BCUT2D eigenvalue weighted by Crippen LogP contribution is 2.17. The van der Waals surface area contributed by atoms with Gasteiger partial charge in [0.1, 0.15) is 29.9 Å². The van der Waals surface area contributed by atoms with Crippen LogP contribution in [0, 0.1) is 0 Å². The molecule has 4 rings (SSSR count). The van der Waals surface area contributed by atoms with Gasteiger partial charge < -0.3 is 48.9 Å². The Morgan fingerprint density at radius 2 is 1.27 bits per heavy atom. The van der Waals surface area contributed by atoms with Crippen LogP contribution in [0.1, 0.15) is 30.4 Å². The molecule has 1 aliphatic rings. The Balaban J connectivity index is 1.65. The molecule has 49 heavy (non-hydrogen) atoms. The minimum atomic E-state index is -1.16. The largest absolute Gasteiger partial charge is 0.508 e. The van der Waals surface area contributed by atoms with Crippen molar-refractivity contribution in [1.29, 1.82) is 0 Å². The number of aliphatic imine (C=N–C) groups is 1. The standard InChI is InChI=1S/C34H43N9O6/c35-14-13-26-32(48)41-25(6-3-15-38-34(36)37)31(47)43-27(18-21-7-10-22-4-1-2-5-23(22)16-21)30(46)39-19-29(45)40-28(33(49)42-26)17-20-8-11-24(44)12-9-20/h1-2,4-5,7-12,16,25-28,44H,3,6,13-15,17-19,35H2,(H,39,46)(H,40,45)(H,41,48)(H,42,49)(H,43,47)(H4,36,37,38)/t25-,26?,27-,28+/m0/s1. The molecule has 1 fully saturated rings. The van der Waals surface area contributed by atoms with Gasteiger partial charge in [0.05, 0.1) is 6.54 Å². The van der Waals surface area contributed by atoms with Crippen LogP contribution in [0.25, 0.3) is 10.8 Å². The Labute approximate surface area is 283 Å². The van der Waals surface area contributed by atoms with E-state index in [9.17, 15) is 29.1 Å². The van der Waals surface area contributed by atoms with Gasteiger partial charge in [-0.15, -0.1) is 0 Å². The van der Waals surface area contributed by atoms with Crippen molar-refractivity contribution in [3.8, 4) is 5.75 Å². The number of amides is 5. The van der Waals surface area contributed by atoms with Crippen LogP contribution in [0.4, 0.5) is 0 Å². The van der Waals surface area contributed by atoms with Crippen LogP contribution >= 0.6 is 0 Å². The summed E-state index contributed by atoms with van der Waals surface area (Å²) < 4.78 is 0. The minimum Gasteiger partial charge on any atom is -0.508 e. The average Bonchev–Trinajstić information content (AvgIpc) is 3.08. The first-order valence-corrected chi connectivity index (χ1v) is 16.0. The van der Waals surface area contributed by atoms with Crippen LogP contribution in [0.5, 0.6) is 5.75 Å². The van der Waals surface area contributed by atoms with Gasteiger partial charge in [0, 0.05) is 19.4 Å². The molecule has 1 heterocycles. The summed E-state index contributed by atoms with van der Waals surface area (Å²) in [5.74, 6) is -3.43. The highest BCUT2D eigenvalue weighted by Gasteiger charge is 2.32. The van der Waals surface area contributed by atoms with Gasteiger partial charge in [-0.1, -0.05) is 54.6 Å². The van der Waals surface area contributed by atoms with Gasteiger partial charge in [-0.2, -0.15) is 0 Å². The van der Waals surface area contributed by atoms with E-state index in [1.165, 1.54) is 12.1 Å². The van der Waals surface area contributed by atoms with Crippen LogP contribution in [0.2, 0.25) is 0 Å². The summed E-state index contributed by atoms with van der Waals surface area (Å²) in [5.41, 5.74) is 18.0. The molecule has 4 atom stereocenters. The zero-order valence-corrected chi connectivity index (χ0v) is 27.0. The molecule has 5 amide bonds. The Kier molecular flexibility index (Phi) is 12.9. The fourth-order valence-corrected chi connectivity index (χ4v) is 5.45. The molecule has 0 aliphatic carbocycles. The lowest BCUT2D eigenvalue weighted by Crippen LogP contribution is -2.58. The van der Waals surface area contributed by atoms with E-state index < -0.39 is 60.2 Å². The first kappa shape index (κ1) is 36.1. The van der Waals surface area contributed by atoms with Gasteiger partial charge in [0.15, 0.2) is 5.96 Å². The molecule has 0 radical (unpaired) electrons. The Morgan fingerprint density at radius 3 is 1.94 bits per heavy atom. The number of carbonyl (C=O) groups is 5. The second-order valence-corrected chi connectivity index (χ2v) is 11.8.